The lowest BCUT2D eigenvalue weighted by Gasteiger charge is -2.19. The van der Waals surface area contributed by atoms with Crippen LogP contribution < -0.4 is 35.6 Å². The van der Waals surface area contributed by atoms with E-state index in [1.165, 1.54) is 26.4 Å². The summed E-state index contributed by atoms with van der Waals surface area (Å²) in [5.74, 6) is -0.149. The van der Waals surface area contributed by atoms with E-state index in [1.54, 1.807) is 69.3 Å². The molecule has 1 aromatic heterocycles. The van der Waals surface area contributed by atoms with Crippen molar-refractivity contribution in [3.05, 3.63) is 81.5 Å². The Hall–Kier alpha value is -5.23. The zero-order valence-corrected chi connectivity index (χ0v) is 26.7. The number of ether oxygens (including phenoxy) is 4. The van der Waals surface area contributed by atoms with E-state index in [1.807, 2.05) is 0 Å². The lowest BCUT2D eigenvalue weighted by Crippen LogP contribution is -2.40. The van der Waals surface area contributed by atoms with E-state index in [-0.39, 0.29) is 59.6 Å². The molecule has 3 amide bonds. The van der Waals surface area contributed by atoms with Crippen LogP contribution in [0.15, 0.2) is 69.9 Å². The van der Waals surface area contributed by atoms with E-state index >= 15 is 0 Å². The number of carbonyl (C=O) groups is 3. The van der Waals surface area contributed by atoms with Gasteiger partial charge >= 0.3 is 6.09 Å². The molecule has 0 radical (unpaired) electrons. The number of benzene rings is 3. The van der Waals surface area contributed by atoms with E-state index in [4.69, 9.17) is 35.0 Å². The van der Waals surface area contributed by atoms with E-state index in [0.29, 0.717) is 21.8 Å². The number of anilines is 1. The number of hydrogen-bond acceptors (Lipinski definition) is 9. The van der Waals surface area contributed by atoms with Crippen LogP contribution >= 0.6 is 11.6 Å². The summed E-state index contributed by atoms with van der Waals surface area (Å²) < 4.78 is 28.1. The first-order valence-corrected chi connectivity index (χ1v) is 14.5. The monoisotopic (exact) mass is 651 g/mol. The maximum atomic E-state index is 13.5. The highest BCUT2D eigenvalue weighted by Crippen LogP contribution is 2.43. The molecule has 0 aliphatic heterocycles. The number of rotatable bonds is 11. The predicted molar refractivity (Wildman–Crippen MR) is 173 cm³/mol. The van der Waals surface area contributed by atoms with Gasteiger partial charge in [-0.3, -0.25) is 14.4 Å². The molecule has 12 nitrogen and oxygen atoms in total. The van der Waals surface area contributed by atoms with Gasteiger partial charge in [-0.1, -0.05) is 23.7 Å². The fourth-order valence-corrected chi connectivity index (χ4v) is 4.42. The number of carbonyl (C=O) groups excluding carboxylic acids is 3. The Morgan fingerprint density at radius 3 is 2.33 bits per heavy atom. The second-order valence-corrected chi connectivity index (χ2v) is 11.3. The van der Waals surface area contributed by atoms with Gasteiger partial charge < -0.3 is 39.3 Å². The molecule has 0 saturated heterocycles. The minimum absolute atomic E-state index is 0.0466. The van der Waals surface area contributed by atoms with Crippen molar-refractivity contribution in [2.75, 3.05) is 39.2 Å². The van der Waals surface area contributed by atoms with E-state index in [0.717, 1.165) is 0 Å². The molecule has 0 saturated carbocycles. The van der Waals surface area contributed by atoms with E-state index < -0.39 is 23.0 Å². The van der Waals surface area contributed by atoms with Gasteiger partial charge in [0.2, 0.25) is 11.7 Å². The minimum atomic E-state index is -0.717. The van der Waals surface area contributed by atoms with Crippen LogP contribution in [0.1, 0.15) is 31.1 Å². The van der Waals surface area contributed by atoms with Crippen LogP contribution in [0.25, 0.3) is 22.3 Å². The second kappa shape index (κ2) is 14.7. The van der Waals surface area contributed by atoms with Crippen molar-refractivity contribution in [1.82, 2.24) is 10.6 Å². The quantitative estimate of drug-likeness (QED) is 0.181. The first-order chi connectivity index (χ1) is 21.9. The zero-order chi connectivity index (χ0) is 33.4. The van der Waals surface area contributed by atoms with Crippen LogP contribution in [-0.4, -0.2) is 57.4 Å². The SMILES string of the molecule is COc1cc2oc(-c3cccc(C(=O)Nc4ccc(Cl)cc4)c3)cc(=O)c2c(OCCNC(=O)CNC(=O)OC(C)(C)C)c1OC. The smallest absolute Gasteiger partial charge is 0.408 e. The summed E-state index contributed by atoms with van der Waals surface area (Å²) in [4.78, 5) is 50.4. The van der Waals surface area contributed by atoms with Crippen molar-refractivity contribution in [2.45, 2.75) is 26.4 Å². The van der Waals surface area contributed by atoms with Gasteiger partial charge in [0, 0.05) is 34.0 Å². The first-order valence-electron chi connectivity index (χ1n) is 14.1. The molecule has 46 heavy (non-hydrogen) atoms. The minimum Gasteiger partial charge on any atom is -0.493 e. The van der Waals surface area contributed by atoms with Crippen molar-refractivity contribution in [1.29, 1.82) is 0 Å². The van der Waals surface area contributed by atoms with Gasteiger partial charge in [0.15, 0.2) is 16.9 Å². The van der Waals surface area contributed by atoms with Crippen LogP contribution in [-0.2, 0) is 9.53 Å². The molecule has 3 N–H and O–H groups in total. The topological polar surface area (TPSA) is 154 Å². The maximum Gasteiger partial charge on any atom is 0.408 e. The van der Waals surface area contributed by atoms with Crippen molar-refractivity contribution >= 4 is 46.2 Å². The third-order valence-corrected chi connectivity index (χ3v) is 6.54. The molecule has 242 valence electrons. The highest BCUT2D eigenvalue weighted by molar-refractivity contribution is 6.30. The zero-order valence-electron chi connectivity index (χ0n) is 25.9. The number of methoxy groups -OCH3 is 2. The molecule has 4 rings (SSSR count). The Morgan fingerprint density at radius 2 is 1.65 bits per heavy atom. The van der Waals surface area contributed by atoms with Crippen molar-refractivity contribution in [3.8, 4) is 28.6 Å². The van der Waals surface area contributed by atoms with Crippen molar-refractivity contribution < 1.29 is 37.7 Å². The summed E-state index contributed by atoms with van der Waals surface area (Å²) in [5.41, 5.74) is 0.422. The van der Waals surface area contributed by atoms with Crippen LogP contribution in [0, 0.1) is 0 Å². The average molecular weight is 652 g/mol. The highest BCUT2D eigenvalue weighted by Gasteiger charge is 2.22. The summed E-state index contributed by atoms with van der Waals surface area (Å²) in [6, 6.07) is 16.1. The summed E-state index contributed by atoms with van der Waals surface area (Å²) in [6.45, 7) is 4.84. The Balaban J connectivity index is 1.53. The largest absolute Gasteiger partial charge is 0.493 e. The molecule has 0 aliphatic carbocycles. The maximum absolute atomic E-state index is 13.5. The third kappa shape index (κ3) is 8.69. The van der Waals surface area contributed by atoms with Gasteiger partial charge in [-0.15, -0.1) is 0 Å². The van der Waals surface area contributed by atoms with Gasteiger partial charge in [0.1, 0.15) is 28.9 Å². The van der Waals surface area contributed by atoms with Crippen molar-refractivity contribution in [2.24, 2.45) is 0 Å². The Morgan fingerprint density at radius 1 is 0.913 bits per heavy atom. The fourth-order valence-electron chi connectivity index (χ4n) is 4.29. The predicted octanol–water partition coefficient (Wildman–Crippen LogP) is 5.40. The molecule has 0 aliphatic rings. The molecular formula is C33H34ClN3O9. The molecule has 0 spiro atoms. The normalized spacial score (nSPS) is 11.0. The second-order valence-electron chi connectivity index (χ2n) is 10.9. The molecule has 13 heteroatoms. The molecule has 0 bridgehead atoms. The number of alkyl carbamates (subject to hydrolysis) is 1. The molecule has 0 fully saturated rings. The molecule has 1 heterocycles. The van der Waals surface area contributed by atoms with E-state index in [2.05, 4.69) is 16.0 Å². The summed E-state index contributed by atoms with van der Waals surface area (Å²) in [6.07, 6.45) is -0.717. The summed E-state index contributed by atoms with van der Waals surface area (Å²) in [5, 5.41) is 8.43. The number of fused-ring (bicyclic) bond motifs is 1. The lowest BCUT2D eigenvalue weighted by atomic mass is 10.1. The summed E-state index contributed by atoms with van der Waals surface area (Å²) >= 11 is 5.93. The first kappa shape index (κ1) is 33.7. The number of halogens is 1. The van der Waals surface area contributed by atoms with Crippen molar-refractivity contribution in [3.63, 3.8) is 0 Å². The van der Waals surface area contributed by atoms with Gasteiger partial charge in [0.25, 0.3) is 5.91 Å². The Bertz CT molecular complexity index is 1800. The fraction of sp³-hybridized carbons (Fsp3) is 0.273. The average Bonchev–Trinajstić information content (AvgIpc) is 3.01. The van der Waals surface area contributed by atoms with Gasteiger partial charge in [-0.2, -0.15) is 0 Å². The molecule has 3 aromatic carbocycles. The van der Waals surface area contributed by atoms with Crippen LogP contribution in [0.2, 0.25) is 5.02 Å². The van der Waals surface area contributed by atoms with Crippen LogP contribution in [0.5, 0.6) is 17.2 Å². The van der Waals surface area contributed by atoms with E-state index in [9.17, 15) is 19.2 Å². The Kier molecular flexibility index (Phi) is 10.8. The number of amides is 3. The standard InChI is InChI=1S/C33H34ClN3O9/c1-33(2,3)46-32(41)36-18-27(39)35-13-14-44-30-28-23(38)16-24(45-25(28)17-26(42-4)29(30)43-5)19-7-6-8-20(15-19)31(40)37-22-11-9-21(34)10-12-22/h6-12,15-17H,13-14,18H2,1-5H3,(H,35,39)(H,36,41)(H,37,40). The third-order valence-electron chi connectivity index (χ3n) is 6.29. The van der Waals surface area contributed by atoms with Gasteiger partial charge in [0.05, 0.1) is 27.3 Å². The Labute approximate surface area is 269 Å². The molecule has 0 unspecified atom stereocenters. The number of hydrogen-bond donors (Lipinski definition) is 3. The molecule has 4 aromatic rings. The van der Waals surface area contributed by atoms with Crippen LogP contribution in [0.3, 0.4) is 0 Å². The summed E-state index contributed by atoms with van der Waals surface area (Å²) in [7, 11) is 2.83. The van der Waals surface area contributed by atoms with Gasteiger partial charge in [-0.25, -0.2) is 4.79 Å². The molecule has 0 atom stereocenters. The lowest BCUT2D eigenvalue weighted by molar-refractivity contribution is -0.120. The van der Waals surface area contributed by atoms with Crippen LogP contribution in [0.4, 0.5) is 10.5 Å². The highest BCUT2D eigenvalue weighted by atomic mass is 35.5. The number of nitrogens with one attached hydrogen (secondary N) is 3. The van der Waals surface area contributed by atoms with Gasteiger partial charge in [-0.05, 0) is 57.2 Å². The molecular weight excluding hydrogens is 618 g/mol.